The molecule has 112 valence electrons. The summed E-state index contributed by atoms with van der Waals surface area (Å²) in [5.41, 5.74) is 2.27. The standard InChI is InChI=1S/C16H19Cl2N3/c1-4-19-15-12(17)10-13(18)16(20-15)21(5-2)14-9-7-6-8-11(14)3/h6-10H,4-5H2,1-3H3,(H,19,20). The van der Waals surface area contributed by atoms with E-state index in [2.05, 4.69) is 41.2 Å². The van der Waals surface area contributed by atoms with Crippen molar-refractivity contribution >= 4 is 40.5 Å². The molecule has 21 heavy (non-hydrogen) atoms. The minimum atomic E-state index is 0.534. The van der Waals surface area contributed by atoms with Gasteiger partial charge in [-0.05, 0) is 38.5 Å². The molecule has 0 spiro atoms. The zero-order valence-electron chi connectivity index (χ0n) is 12.5. The Labute approximate surface area is 135 Å². The summed E-state index contributed by atoms with van der Waals surface area (Å²) in [6.45, 7) is 7.68. The third-order valence-corrected chi connectivity index (χ3v) is 3.80. The number of nitrogens with zero attached hydrogens (tertiary/aromatic N) is 2. The summed E-state index contributed by atoms with van der Waals surface area (Å²) < 4.78 is 0. The van der Waals surface area contributed by atoms with Crippen molar-refractivity contribution in [1.29, 1.82) is 0 Å². The molecule has 2 aromatic rings. The predicted octanol–water partition coefficient (Wildman–Crippen LogP) is 5.29. The number of para-hydroxylation sites is 1. The fraction of sp³-hybridized carbons (Fsp3) is 0.312. The highest BCUT2D eigenvalue weighted by Gasteiger charge is 2.17. The van der Waals surface area contributed by atoms with Gasteiger partial charge in [-0.15, -0.1) is 0 Å². The molecule has 5 heteroatoms. The SMILES string of the molecule is CCNc1nc(N(CC)c2ccccc2C)c(Cl)cc1Cl. The Kier molecular flexibility index (Phi) is 5.32. The van der Waals surface area contributed by atoms with Gasteiger partial charge in [-0.2, -0.15) is 0 Å². The van der Waals surface area contributed by atoms with Gasteiger partial charge >= 0.3 is 0 Å². The van der Waals surface area contributed by atoms with Crippen molar-refractivity contribution in [3.63, 3.8) is 0 Å². The fourth-order valence-corrected chi connectivity index (χ4v) is 2.77. The van der Waals surface area contributed by atoms with Crippen LogP contribution in [0.3, 0.4) is 0 Å². The van der Waals surface area contributed by atoms with Gasteiger partial charge in [-0.1, -0.05) is 41.4 Å². The predicted molar refractivity (Wildman–Crippen MR) is 92.3 cm³/mol. The Bertz CT molecular complexity index is 629. The molecule has 0 aliphatic heterocycles. The maximum Gasteiger partial charge on any atom is 0.154 e. The summed E-state index contributed by atoms with van der Waals surface area (Å²) in [5, 5.41) is 4.24. The lowest BCUT2D eigenvalue weighted by molar-refractivity contribution is 0.981. The Hall–Kier alpha value is -1.45. The number of rotatable bonds is 5. The highest BCUT2D eigenvalue weighted by Crippen LogP contribution is 2.35. The molecule has 1 aromatic heterocycles. The second kappa shape index (κ2) is 7.01. The lowest BCUT2D eigenvalue weighted by Crippen LogP contribution is -2.19. The Morgan fingerprint density at radius 2 is 1.86 bits per heavy atom. The van der Waals surface area contributed by atoms with Gasteiger partial charge in [0.1, 0.15) is 5.82 Å². The molecule has 1 N–H and O–H groups in total. The molecule has 2 rings (SSSR count). The molecular formula is C16H19Cl2N3. The Balaban J connectivity index is 2.52. The summed E-state index contributed by atoms with van der Waals surface area (Å²) in [7, 11) is 0. The van der Waals surface area contributed by atoms with Gasteiger partial charge in [-0.25, -0.2) is 4.98 Å². The number of aryl methyl sites for hydroxylation is 1. The molecule has 3 nitrogen and oxygen atoms in total. The maximum atomic E-state index is 6.36. The van der Waals surface area contributed by atoms with Crippen LogP contribution in [0.15, 0.2) is 30.3 Å². The van der Waals surface area contributed by atoms with E-state index in [0.29, 0.717) is 21.7 Å². The Morgan fingerprint density at radius 1 is 1.14 bits per heavy atom. The van der Waals surface area contributed by atoms with Crippen LogP contribution in [-0.2, 0) is 0 Å². The second-order valence-electron chi connectivity index (χ2n) is 4.69. The van der Waals surface area contributed by atoms with Gasteiger partial charge in [0, 0.05) is 18.8 Å². The normalized spacial score (nSPS) is 10.5. The van der Waals surface area contributed by atoms with Gasteiger partial charge in [0.15, 0.2) is 5.82 Å². The van der Waals surface area contributed by atoms with E-state index in [-0.39, 0.29) is 0 Å². The summed E-state index contributed by atoms with van der Waals surface area (Å²) in [6.07, 6.45) is 0. The molecule has 0 bridgehead atoms. The molecule has 0 aliphatic carbocycles. The zero-order chi connectivity index (χ0) is 15.4. The number of nitrogens with one attached hydrogen (secondary N) is 1. The third kappa shape index (κ3) is 3.42. The molecule has 1 aromatic carbocycles. The van der Waals surface area contributed by atoms with E-state index in [4.69, 9.17) is 23.2 Å². The first-order valence-corrected chi connectivity index (χ1v) is 7.77. The molecule has 0 atom stereocenters. The topological polar surface area (TPSA) is 28.2 Å². The van der Waals surface area contributed by atoms with Crippen LogP contribution in [0.1, 0.15) is 19.4 Å². The first-order chi connectivity index (χ1) is 10.1. The largest absolute Gasteiger partial charge is 0.369 e. The third-order valence-electron chi connectivity index (χ3n) is 3.23. The molecule has 0 unspecified atom stereocenters. The van der Waals surface area contributed by atoms with Gasteiger partial charge in [0.2, 0.25) is 0 Å². The van der Waals surface area contributed by atoms with Crippen molar-refractivity contribution in [2.24, 2.45) is 0 Å². The van der Waals surface area contributed by atoms with E-state index in [9.17, 15) is 0 Å². The van der Waals surface area contributed by atoms with E-state index in [1.807, 2.05) is 19.1 Å². The van der Waals surface area contributed by atoms with Crippen LogP contribution in [0.5, 0.6) is 0 Å². The number of hydrogen-bond donors (Lipinski definition) is 1. The minimum absolute atomic E-state index is 0.534. The maximum absolute atomic E-state index is 6.36. The van der Waals surface area contributed by atoms with Crippen LogP contribution >= 0.6 is 23.2 Å². The molecule has 0 fully saturated rings. The quantitative estimate of drug-likeness (QED) is 0.810. The number of benzene rings is 1. The zero-order valence-corrected chi connectivity index (χ0v) is 14.0. The highest BCUT2D eigenvalue weighted by atomic mass is 35.5. The molecule has 0 aliphatic rings. The lowest BCUT2D eigenvalue weighted by Gasteiger charge is -2.25. The van der Waals surface area contributed by atoms with E-state index < -0.39 is 0 Å². The first-order valence-electron chi connectivity index (χ1n) is 7.01. The second-order valence-corrected chi connectivity index (χ2v) is 5.50. The smallest absolute Gasteiger partial charge is 0.154 e. The van der Waals surface area contributed by atoms with Crippen LogP contribution in [0, 0.1) is 6.92 Å². The van der Waals surface area contributed by atoms with Crippen molar-refractivity contribution in [3.05, 3.63) is 45.9 Å². The molecular weight excluding hydrogens is 305 g/mol. The first kappa shape index (κ1) is 15.9. The van der Waals surface area contributed by atoms with Crippen molar-refractivity contribution in [2.75, 3.05) is 23.3 Å². The summed E-state index contributed by atoms with van der Waals surface area (Å²) in [4.78, 5) is 6.69. The molecule has 0 saturated heterocycles. The van der Waals surface area contributed by atoms with E-state index in [1.165, 1.54) is 5.56 Å². The summed E-state index contributed by atoms with van der Waals surface area (Å²) in [6, 6.07) is 9.92. The van der Waals surface area contributed by atoms with Crippen LogP contribution in [0.25, 0.3) is 0 Å². The van der Waals surface area contributed by atoms with Crippen molar-refractivity contribution in [1.82, 2.24) is 4.98 Å². The summed E-state index contributed by atoms with van der Waals surface area (Å²) >= 11 is 12.5. The minimum Gasteiger partial charge on any atom is -0.369 e. The average molecular weight is 324 g/mol. The van der Waals surface area contributed by atoms with Crippen LogP contribution in [-0.4, -0.2) is 18.1 Å². The molecule has 0 radical (unpaired) electrons. The monoisotopic (exact) mass is 323 g/mol. The van der Waals surface area contributed by atoms with E-state index >= 15 is 0 Å². The van der Waals surface area contributed by atoms with Crippen LogP contribution < -0.4 is 10.2 Å². The molecule has 0 amide bonds. The van der Waals surface area contributed by atoms with Crippen LogP contribution in [0.4, 0.5) is 17.3 Å². The number of pyridine rings is 1. The fourth-order valence-electron chi connectivity index (χ4n) is 2.24. The van der Waals surface area contributed by atoms with Gasteiger partial charge < -0.3 is 10.2 Å². The van der Waals surface area contributed by atoms with Crippen molar-refractivity contribution in [3.8, 4) is 0 Å². The molecule has 0 saturated carbocycles. The number of aromatic nitrogens is 1. The van der Waals surface area contributed by atoms with Crippen molar-refractivity contribution < 1.29 is 0 Å². The highest BCUT2D eigenvalue weighted by molar-refractivity contribution is 6.37. The van der Waals surface area contributed by atoms with Gasteiger partial charge in [-0.3, -0.25) is 0 Å². The van der Waals surface area contributed by atoms with E-state index in [0.717, 1.165) is 18.8 Å². The van der Waals surface area contributed by atoms with Crippen LogP contribution in [0.2, 0.25) is 10.0 Å². The van der Waals surface area contributed by atoms with Gasteiger partial charge in [0.25, 0.3) is 0 Å². The number of hydrogen-bond acceptors (Lipinski definition) is 3. The van der Waals surface area contributed by atoms with Gasteiger partial charge in [0.05, 0.1) is 10.0 Å². The summed E-state index contributed by atoms with van der Waals surface area (Å²) in [5.74, 6) is 1.37. The Morgan fingerprint density at radius 3 is 2.48 bits per heavy atom. The van der Waals surface area contributed by atoms with E-state index in [1.54, 1.807) is 6.07 Å². The average Bonchev–Trinajstić information content (AvgIpc) is 2.46. The number of halogens is 2. The van der Waals surface area contributed by atoms with Crippen molar-refractivity contribution in [2.45, 2.75) is 20.8 Å². The molecule has 1 heterocycles. The lowest BCUT2D eigenvalue weighted by atomic mass is 10.2. The number of anilines is 3.